The smallest absolute Gasteiger partial charge is 0.0829 e. The Morgan fingerprint density at radius 1 is 1.12 bits per heavy atom. The van der Waals surface area contributed by atoms with Crippen LogP contribution in [0.3, 0.4) is 0 Å². The number of rotatable bonds is 5. The molecule has 1 atom stereocenters. The highest BCUT2D eigenvalue weighted by molar-refractivity contribution is 4.76. The Balaban J connectivity index is 1.68. The molecule has 2 aliphatic heterocycles. The lowest BCUT2D eigenvalue weighted by Crippen LogP contribution is -2.50. The maximum absolute atomic E-state index is 5.86. The second-order valence-electron chi connectivity index (χ2n) is 5.11. The van der Waals surface area contributed by atoms with Crippen molar-refractivity contribution >= 4 is 0 Å². The summed E-state index contributed by atoms with van der Waals surface area (Å²) in [6, 6.07) is 0. The van der Waals surface area contributed by atoms with Gasteiger partial charge in [0.05, 0.1) is 12.7 Å². The molecule has 0 spiro atoms. The lowest BCUT2D eigenvalue weighted by atomic mass is 10.1. The molecule has 3 N–H and O–H groups in total. The fraction of sp³-hybridized carbons (Fsp3) is 1.00. The molecule has 100 valence electrons. The van der Waals surface area contributed by atoms with Crippen LogP contribution in [0, 0.1) is 0 Å². The van der Waals surface area contributed by atoms with E-state index < -0.39 is 0 Å². The molecule has 5 nitrogen and oxygen atoms in total. The molecular formula is C12H26N4O. The molecule has 17 heavy (non-hydrogen) atoms. The number of hydrazine groups is 1. The second kappa shape index (κ2) is 7.28. The van der Waals surface area contributed by atoms with Crippen LogP contribution in [0.5, 0.6) is 0 Å². The fourth-order valence-electron chi connectivity index (χ4n) is 2.75. The zero-order chi connectivity index (χ0) is 11.9. The first kappa shape index (κ1) is 13.2. The van der Waals surface area contributed by atoms with E-state index in [9.17, 15) is 0 Å². The van der Waals surface area contributed by atoms with Crippen molar-refractivity contribution in [1.82, 2.24) is 15.2 Å². The van der Waals surface area contributed by atoms with Crippen molar-refractivity contribution in [3.8, 4) is 0 Å². The van der Waals surface area contributed by atoms with Crippen LogP contribution >= 0.6 is 0 Å². The number of nitrogens with zero attached hydrogens (tertiary/aromatic N) is 2. The average Bonchev–Trinajstić information content (AvgIpc) is 2.38. The lowest BCUT2D eigenvalue weighted by Gasteiger charge is -2.36. The third-order valence-electron chi connectivity index (χ3n) is 3.71. The predicted octanol–water partition coefficient (Wildman–Crippen LogP) is -0.364. The van der Waals surface area contributed by atoms with E-state index in [1.165, 1.54) is 32.4 Å². The highest BCUT2D eigenvalue weighted by Crippen LogP contribution is 2.12. The summed E-state index contributed by atoms with van der Waals surface area (Å²) in [6.45, 7) is 8.45. The summed E-state index contributed by atoms with van der Waals surface area (Å²) >= 11 is 0. The molecule has 0 radical (unpaired) electrons. The number of hydrogen-bond acceptors (Lipinski definition) is 5. The monoisotopic (exact) mass is 242 g/mol. The number of likely N-dealkylation sites (tertiary alicyclic amines) is 1. The largest absolute Gasteiger partial charge is 0.374 e. The van der Waals surface area contributed by atoms with Crippen LogP contribution < -0.4 is 11.3 Å². The van der Waals surface area contributed by atoms with E-state index in [0.29, 0.717) is 6.10 Å². The highest BCUT2D eigenvalue weighted by atomic mass is 16.5. The molecule has 0 bridgehead atoms. The van der Waals surface area contributed by atoms with Gasteiger partial charge in [-0.3, -0.25) is 16.2 Å². The lowest BCUT2D eigenvalue weighted by molar-refractivity contribution is -0.0447. The number of nitrogens with two attached hydrogens (primary N) is 1. The van der Waals surface area contributed by atoms with Gasteiger partial charge in [-0.25, -0.2) is 0 Å². The van der Waals surface area contributed by atoms with Gasteiger partial charge >= 0.3 is 0 Å². The minimum Gasteiger partial charge on any atom is -0.374 e. The number of morpholine rings is 1. The SMILES string of the molecule is NNCCN1CCOC(CN2CCCCC2)C1. The van der Waals surface area contributed by atoms with Crippen LogP contribution in [0.25, 0.3) is 0 Å². The Labute approximate surface area is 104 Å². The first-order valence-electron chi connectivity index (χ1n) is 6.88. The zero-order valence-corrected chi connectivity index (χ0v) is 10.7. The van der Waals surface area contributed by atoms with E-state index in [1.807, 2.05) is 0 Å². The molecule has 0 aromatic rings. The van der Waals surface area contributed by atoms with Crippen LogP contribution in [0.2, 0.25) is 0 Å². The third-order valence-corrected chi connectivity index (χ3v) is 3.71. The minimum absolute atomic E-state index is 0.389. The Bertz CT molecular complexity index is 209. The van der Waals surface area contributed by atoms with E-state index in [-0.39, 0.29) is 0 Å². The van der Waals surface area contributed by atoms with E-state index in [1.54, 1.807) is 0 Å². The third kappa shape index (κ3) is 4.52. The molecule has 2 rings (SSSR count). The normalized spacial score (nSPS) is 28.4. The average molecular weight is 242 g/mol. The quantitative estimate of drug-likeness (QED) is 0.509. The van der Waals surface area contributed by atoms with E-state index in [2.05, 4.69) is 15.2 Å². The van der Waals surface area contributed by atoms with Gasteiger partial charge in [-0.2, -0.15) is 0 Å². The molecule has 0 amide bonds. The Hall–Kier alpha value is -0.200. The van der Waals surface area contributed by atoms with Gasteiger partial charge in [-0.05, 0) is 25.9 Å². The standard InChI is InChI=1S/C12H26N4O/c13-14-4-7-16-8-9-17-12(11-16)10-15-5-2-1-3-6-15/h12,14H,1-11,13H2. The summed E-state index contributed by atoms with van der Waals surface area (Å²) < 4.78 is 5.86. The van der Waals surface area contributed by atoms with E-state index in [4.69, 9.17) is 10.6 Å². The molecule has 0 saturated carbocycles. The van der Waals surface area contributed by atoms with E-state index >= 15 is 0 Å². The van der Waals surface area contributed by atoms with Gasteiger partial charge in [-0.15, -0.1) is 0 Å². The van der Waals surface area contributed by atoms with Crippen LogP contribution in [-0.2, 0) is 4.74 Å². The molecule has 2 aliphatic rings. The Kier molecular flexibility index (Phi) is 5.67. The Morgan fingerprint density at radius 3 is 2.71 bits per heavy atom. The minimum atomic E-state index is 0.389. The van der Waals surface area contributed by atoms with Gasteiger partial charge in [0.1, 0.15) is 0 Å². The Morgan fingerprint density at radius 2 is 1.94 bits per heavy atom. The second-order valence-corrected chi connectivity index (χ2v) is 5.11. The van der Waals surface area contributed by atoms with Crippen molar-refractivity contribution in [2.24, 2.45) is 5.84 Å². The fourth-order valence-corrected chi connectivity index (χ4v) is 2.75. The van der Waals surface area contributed by atoms with Gasteiger partial charge in [0.25, 0.3) is 0 Å². The number of ether oxygens (including phenoxy) is 1. The first-order chi connectivity index (χ1) is 8.38. The highest BCUT2D eigenvalue weighted by Gasteiger charge is 2.22. The van der Waals surface area contributed by atoms with Crippen molar-refractivity contribution < 1.29 is 4.74 Å². The summed E-state index contributed by atoms with van der Waals surface area (Å²) in [5.41, 5.74) is 2.72. The number of piperidine rings is 1. The molecule has 0 aliphatic carbocycles. The topological polar surface area (TPSA) is 53.8 Å². The van der Waals surface area contributed by atoms with Gasteiger partial charge in [0, 0.05) is 32.7 Å². The van der Waals surface area contributed by atoms with Crippen molar-refractivity contribution in [3.05, 3.63) is 0 Å². The molecule has 5 heteroatoms. The molecule has 2 fully saturated rings. The van der Waals surface area contributed by atoms with Crippen molar-refractivity contribution in [2.75, 3.05) is 52.4 Å². The van der Waals surface area contributed by atoms with Gasteiger partial charge in [0.2, 0.25) is 0 Å². The summed E-state index contributed by atoms with van der Waals surface area (Å²) in [5, 5.41) is 0. The van der Waals surface area contributed by atoms with Crippen LogP contribution in [0.15, 0.2) is 0 Å². The predicted molar refractivity (Wildman–Crippen MR) is 68.7 cm³/mol. The summed E-state index contributed by atoms with van der Waals surface area (Å²) in [6.07, 6.45) is 4.50. The zero-order valence-electron chi connectivity index (χ0n) is 10.7. The molecule has 2 saturated heterocycles. The summed E-state index contributed by atoms with van der Waals surface area (Å²) in [4.78, 5) is 5.00. The maximum atomic E-state index is 5.86. The molecule has 0 aromatic carbocycles. The molecule has 2 heterocycles. The summed E-state index contributed by atoms with van der Waals surface area (Å²) in [5.74, 6) is 5.31. The maximum Gasteiger partial charge on any atom is 0.0829 e. The van der Waals surface area contributed by atoms with Crippen molar-refractivity contribution in [2.45, 2.75) is 25.4 Å². The van der Waals surface area contributed by atoms with Crippen molar-refractivity contribution in [1.29, 1.82) is 0 Å². The molecule has 1 unspecified atom stereocenters. The van der Waals surface area contributed by atoms with Crippen LogP contribution in [0.4, 0.5) is 0 Å². The van der Waals surface area contributed by atoms with Crippen LogP contribution in [0.1, 0.15) is 19.3 Å². The van der Waals surface area contributed by atoms with E-state index in [0.717, 1.165) is 39.3 Å². The van der Waals surface area contributed by atoms with Crippen molar-refractivity contribution in [3.63, 3.8) is 0 Å². The van der Waals surface area contributed by atoms with Gasteiger partial charge < -0.3 is 9.64 Å². The number of nitrogens with one attached hydrogen (secondary N) is 1. The van der Waals surface area contributed by atoms with Gasteiger partial charge in [0.15, 0.2) is 0 Å². The molecule has 0 aromatic heterocycles. The number of hydrogen-bond donors (Lipinski definition) is 2. The van der Waals surface area contributed by atoms with Gasteiger partial charge in [-0.1, -0.05) is 6.42 Å². The van der Waals surface area contributed by atoms with Crippen LogP contribution in [-0.4, -0.2) is 68.3 Å². The first-order valence-corrected chi connectivity index (χ1v) is 6.88. The molecular weight excluding hydrogens is 216 g/mol. The summed E-state index contributed by atoms with van der Waals surface area (Å²) in [7, 11) is 0.